The average molecular weight is 340 g/mol. The lowest BCUT2D eigenvalue weighted by atomic mass is 10.1. The summed E-state index contributed by atoms with van der Waals surface area (Å²) in [5, 5.41) is 11.4. The molecule has 1 unspecified atom stereocenters. The molecule has 0 saturated heterocycles. The van der Waals surface area contributed by atoms with Gasteiger partial charge in [0, 0.05) is 23.0 Å². The Morgan fingerprint density at radius 1 is 1.40 bits per heavy atom. The molecule has 20 heavy (non-hydrogen) atoms. The molecule has 0 spiro atoms. The first-order valence-electron chi connectivity index (χ1n) is 6.44. The van der Waals surface area contributed by atoms with Crippen molar-refractivity contribution in [3.8, 4) is 0 Å². The van der Waals surface area contributed by atoms with Crippen LogP contribution in [0.15, 0.2) is 34.8 Å². The monoisotopic (exact) mass is 339 g/mol. The van der Waals surface area contributed by atoms with Crippen LogP contribution in [0.2, 0.25) is 0 Å². The fourth-order valence-corrected chi connectivity index (χ4v) is 2.12. The molecule has 1 aromatic carbocycles. The van der Waals surface area contributed by atoms with Crippen molar-refractivity contribution >= 4 is 33.9 Å². The van der Waals surface area contributed by atoms with Gasteiger partial charge >= 0.3 is 5.97 Å². The summed E-state index contributed by atoms with van der Waals surface area (Å²) in [5.41, 5.74) is 0.932. The molecule has 1 amide bonds. The maximum atomic E-state index is 11.7. The number of nitrogens with one attached hydrogen (secondary N) is 1. The topological polar surface area (TPSA) is 66.4 Å². The van der Waals surface area contributed by atoms with E-state index in [1.165, 1.54) is 6.08 Å². The van der Waals surface area contributed by atoms with Crippen LogP contribution < -0.4 is 5.32 Å². The van der Waals surface area contributed by atoms with Crippen LogP contribution in [0.3, 0.4) is 0 Å². The van der Waals surface area contributed by atoms with Gasteiger partial charge in [-0.3, -0.25) is 9.59 Å². The van der Waals surface area contributed by atoms with E-state index >= 15 is 0 Å². The van der Waals surface area contributed by atoms with Crippen molar-refractivity contribution in [2.45, 2.75) is 32.2 Å². The summed E-state index contributed by atoms with van der Waals surface area (Å²) in [6, 6.07) is 7.59. The van der Waals surface area contributed by atoms with Crippen molar-refractivity contribution in [1.29, 1.82) is 0 Å². The second kappa shape index (κ2) is 8.53. The summed E-state index contributed by atoms with van der Waals surface area (Å²) in [7, 11) is 0. The molecule has 2 N–H and O–H groups in total. The third-order valence-corrected chi connectivity index (χ3v) is 3.46. The highest BCUT2D eigenvalue weighted by atomic mass is 79.9. The second-order valence-corrected chi connectivity index (χ2v) is 5.40. The third-order valence-electron chi connectivity index (χ3n) is 2.74. The van der Waals surface area contributed by atoms with E-state index in [0.717, 1.165) is 10.0 Å². The van der Waals surface area contributed by atoms with E-state index in [4.69, 9.17) is 5.11 Å². The number of hydrogen-bond acceptors (Lipinski definition) is 2. The average Bonchev–Trinajstić information content (AvgIpc) is 2.37. The number of hydrogen-bond donors (Lipinski definition) is 2. The van der Waals surface area contributed by atoms with E-state index in [0.29, 0.717) is 12.8 Å². The fourth-order valence-electron chi connectivity index (χ4n) is 1.70. The van der Waals surface area contributed by atoms with Gasteiger partial charge < -0.3 is 10.4 Å². The standard InChI is InChI=1S/C15H18BrNO3/c1-11(5-4-8-15(19)20)17-14(18)10-9-12-6-2-3-7-13(12)16/h2-3,6-7,9-11H,4-5,8H2,1H3,(H,17,18)(H,19,20)/b10-9+. The van der Waals surface area contributed by atoms with Crippen LogP contribution in [-0.2, 0) is 9.59 Å². The van der Waals surface area contributed by atoms with E-state index < -0.39 is 5.97 Å². The zero-order valence-corrected chi connectivity index (χ0v) is 12.9. The quantitative estimate of drug-likeness (QED) is 0.749. The summed E-state index contributed by atoms with van der Waals surface area (Å²) >= 11 is 3.41. The SMILES string of the molecule is CC(CCCC(=O)O)NC(=O)/C=C/c1ccccc1Br. The van der Waals surface area contributed by atoms with Crippen LogP contribution in [0.5, 0.6) is 0 Å². The van der Waals surface area contributed by atoms with Crippen molar-refractivity contribution < 1.29 is 14.7 Å². The first kappa shape index (κ1) is 16.4. The van der Waals surface area contributed by atoms with E-state index in [1.54, 1.807) is 6.08 Å². The Bertz CT molecular complexity index is 500. The van der Waals surface area contributed by atoms with Crippen LogP contribution in [-0.4, -0.2) is 23.0 Å². The molecular weight excluding hydrogens is 322 g/mol. The molecule has 0 aliphatic rings. The Balaban J connectivity index is 2.39. The minimum Gasteiger partial charge on any atom is -0.481 e. The molecule has 4 nitrogen and oxygen atoms in total. The van der Waals surface area contributed by atoms with Crippen molar-refractivity contribution in [2.24, 2.45) is 0 Å². The number of carboxylic acids is 1. The highest BCUT2D eigenvalue weighted by Gasteiger charge is 2.06. The molecule has 0 radical (unpaired) electrons. The zero-order valence-electron chi connectivity index (χ0n) is 11.3. The molecule has 1 rings (SSSR count). The normalized spacial score (nSPS) is 12.3. The summed E-state index contributed by atoms with van der Waals surface area (Å²) in [6.07, 6.45) is 4.57. The van der Waals surface area contributed by atoms with Crippen molar-refractivity contribution in [1.82, 2.24) is 5.32 Å². The smallest absolute Gasteiger partial charge is 0.303 e. The maximum absolute atomic E-state index is 11.7. The van der Waals surface area contributed by atoms with E-state index in [2.05, 4.69) is 21.2 Å². The Kier molecular flexibility index (Phi) is 7.01. The molecule has 5 heteroatoms. The van der Waals surface area contributed by atoms with Crippen molar-refractivity contribution in [3.05, 3.63) is 40.4 Å². The molecule has 0 heterocycles. The van der Waals surface area contributed by atoms with Gasteiger partial charge in [0.25, 0.3) is 0 Å². The second-order valence-electron chi connectivity index (χ2n) is 4.55. The molecular formula is C15H18BrNO3. The van der Waals surface area contributed by atoms with Crippen LogP contribution in [0, 0.1) is 0 Å². The van der Waals surface area contributed by atoms with Gasteiger partial charge in [-0.1, -0.05) is 34.1 Å². The first-order valence-corrected chi connectivity index (χ1v) is 7.23. The van der Waals surface area contributed by atoms with E-state index in [9.17, 15) is 9.59 Å². The third kappa shape index (κ3) is 6.52. The lowest BCUT2D eigenvalue weighted by Gasteiger charge is -2.11. The molecule has 1 aromatic rings. The Morgan fingerprint density at radius 3 is 2.75 bits per heavy atom. The number of aliphatic carboxylic acids is 1. The highest BCUT2D eigenvalue weighted by Crippen LogP contribution is 2.16. The zero-order chi connectivity index (χ0) is 15.0. The number of amides is 1. The number of carbonyl (C=O) groups excluding carboxylic acids is 1. The molecule has 0 saturated carbocycles. The molecule has 0 fully saturated rings. The number of rotatable bonds is 7. The molecule has 0 aliphatic carbocycles. The predicted molar refractivity (Wildman–Crippen MR) is 82.3 cm³/mol. The van der Waals surface area contributed by atoms with Gasteiger partial charge in [-0.2, -0.15) is 0 Å². The Hall–Kier alpha value is -1.62. The molecule has 1 atom stereocenters. The minimum atomic E-state index is -0.808. The highest BCUT2D eigenvalue weighted by molar-refractivity contribution is 9.10. The summed E-state index contributed by atoms with van der Waals surface area (Å²) in [6.45, 7) is 1.87. The van der Waals surface area contributed by atoms with Crippen LogP contribution in [0.4, 0.5) is 0 Å². The maximum Gasteiger partial charge on any atom is 0.303 e. The lowest BCUT2D eigenvalue weighted by Crippen LogP contribution is -2.31. The summed E-state index contributed by atoms with van der Waals surface area (Å²) < 4.78 is 0.929. The van der Waals surface area contributed by atoms with E-state index in [1.807, 2.05) is 31.2 Å². The van der Waals surface area contributed by atoms with Crippen molar-refractivity contribution in [2.75, 3.05) is 0 Å². The summed E-state index contributed by atoms with van der Waals surface area (Å²) in [5.74, 6) is -0.985. The lowest BCUT2D eigenvalue weighted by molar-refractivity contribution is -0.137. The van der Waals surface area contributed by atoms with Gasteiger partial charge in [0.1, 0.15) is 0 Å². The summed E-state index contributed by atoms with van der Waals surface area (Å²) in [4.78, 5) is 22.1. The van der Waals surface area contributed by atoms with E-state index in [-0.39, 0.29) is 18.4 Å². The number of carboxylic acid groups (broad SMARTS) is 1. The molecule has 108 valence electrons. The van der Waals surface area contributed by atoms with Gasteiger partial charge in [-0.25, -0.2) is 0 Å². The Morgan fingerprint density at radius 2 is 2.10 bits per heavy atom. The number of benzene rings is 1. The van der Waals surface area contributed by atoms with Gasteiger partial charge in [-0.05, 0) is 37.5 Å². The number of carbonyl (C=O) groups is 2. The molecule has 0 aromatic heterocycles. The van der Waals surface area contributed by atoms with Gasteiger partial charge in [0.2, 0.25) is 5.91 Å². The molecule has 0 aliphatic heterocycles. The van der Waals surface area contributed by atoms with Crippen molar-refractivity contribution in [3.63, 3.8) is 0 Å². The fraction of sp³-hybridized carbons (Fsp3) is 0.333. The first-order chi connectivity index (χ1) is 9.49. The van der Waals surface area contributed by atoms with Gasteiger partial charge in [0.15, 0.2) is 0 Å². The predicted octanol–water partition coefficient (Wildman–Crippen LogP) is 3.22. The number of halogens is 1. The van der Waals surface area contributed by atoms with Crippen LogP contribution >= 0.6 is 15.9 Å². The van der Waals surface area contributed by atoms with Crippen LogP contribution in [0.1, 0.15) is 31.7 Å². The van der Waals surface area contributed by atoms with Crippen LogP contribution in [0.25, 0.3) is 6.08 Å². The van der Waals surface area contributed by atoms with Gasteiger partial charge in [0.05, 0.1) is 0 Å². The largest absolute Gasteiger partial charge is 0.481 e. The Labute approximate surface area is 127 Å². The van der Waals surface area contributed by atoms with Gasteiger partial charge in [-0.15, -0.1) is 0 Å². The minimum absolute atomic E-state index is 0.0364. The molecule has 0 bridgehead atoms.